The van der Waals surface area contributed by atoms with E-state index in [1.165, 1.54) is 6.92 Å². The third-order valence-electron chi connectivity index (χ3n) is 2.11. The summed E-state index contributed by atoms with van der Waals surface area (Å²) in [7, 11) is 0. The number of amides is 1. The zero-order valence-electron chi connectivity index (χ0n) is 9.07. The Morgan fingerprint density at radius 1 is 1.50 bits per heavy atom. The van der Waals surface area contributed by atoms with Gasteiger partial charge in [-0.3, -0.25) is 4.79 Å². The maximum atomic E-state index is 10.8. The van der Waals surface area contributed by atoms with Gasteiger partial charge in [0.05, 0.1) is 5.92 Å². The second kappa shape index (κ2) is 5.72. The Balaban J connectivity index is 2.68. The number of aldehydes is 1. The Kier molecular flexibility index (Phi) is 4.28. The number of benzene rings is 1. The van der Waals surface area contributed by atoms with Crippen LogP contribution in [0.25, 0.3) is 0 Å². The quantitative estimate of drug-likeness (QED) is 0.613. The lowest BCUT2D eigenvalue weighted by atomic mass is 10.0. The van der Waals surface area contributed by atoms with Crippen LogP contribution in [-0.2, 0) is 16.0 Å². The molecule has 3 nitrogen and oxygen atoms in total. The third-order valence-corrected chi connectivity index (χ3v) is 2.11. The van der Waals surface area contributed by atoms with E-state index in [1.54, 1.807) is 12.1 Å². The fraction of sp³-hybridized carbons (Fsp3) is 0.231. The Morgan fingerprint density at radius 2 is 2.12 bits per heavy atom. The van der Waals surface area contributed by atoms with Crippen molar-refractivity contribution in [3.8, 4) is 12.3 Å². The van der Waals surface area contributed by atoms with Gasteiger partial charge in [-0.05, 0) is 24.1 Å². The van der Waals surface area contributed by atoms with Gasteiger partial charge < -0.3 is 10.1 Å². The lowest BCUT2D eigenvalue weighted by Gasteiger charge is -2.05. The van der Waals surface area contributed by atoms with Crippen molar-refractivity contribution in [2.45, 2.75) is 13.3 Å². The van der Waals surface area contributed by atoms with Gasteiger partial charge in [-0.25, -0.2) is 0 Å². The summed E-state index contributed by atoms with van der Waals surface area (Å²) in [6.45, 7) is 1.45. The monoisotopic (exact) mass is 215 g/mol. The summed E-state index contributed by atoms with van der Waals surface area (Å²) in [6.07, 6.45) is 6.48. The van der Waals surface area contributed by atoms with E-state index in [-0.39, 0.29) is 11.8 Å². The van der Waals surface area contributed by atoms with Crippen LogP contribution in [0.3, 0.4) is 0 Å². The minimum absolute atomic E-state index is 0.109. The summed E-state index contributed by atoms with van der Waals surface area (Å²) in [5, 5.41) is 2.66. The molecule has 16 heavy (non-hydrogen) atoms. The van der Waals surface area contributed by atoms with Gasteiger partial charge in [-0.1, -0.05) is 18.1 Å². The van der Waals surface area contributed by atoms with Gasteiger partial charge in [0.25, 0.3) is 0 Å². The summed E-state index contributed by atoms with van der Waals surface area (Å²) in [5.41, 5.74) is 1.71. The maximum Gasteiger partial charge on any atom is 0.221 e. The van der Waals surface area contributed by atoms with Crippen LogP contribution in [0.2, 0.25) is 0 Å². The van der Waals surface area contributed by atoms with Crippen LogP contribution in [-0.4, -0.2) is 12.2 Å². The molecule has 0 aliphatic heterocycles. The molecule has 0 bridgehead atoms. The van der Waals surface area contributed by atoms with E-state index in [4.69, 9.17) is 6.42 Å². The molecule has 3 heteroatoms. The Hall–Kier alpha value is -2.08. The minimum atomic E-state index is -0.383. The van der Waals surface area contributed by atoms with Crippen LogP contribution in [0.5, 0.6) is 0 Å². The lowest BCUT2D eigenvalue weighted by molar-refractivity contribution is -0.114. The van der Waals surface area contributed by atoms with Crippen molar-refractivity contribution < 1.29 is 9.59 Å². The molecule has 1 amide bonds. The van der Waals surface area contributed by atoms with Crippen LogP contribution in [0.1, 0.15) is 12.5 Å². The van der Waals surface area contributed by atoms with E-state index < -0.39 is 0 Å². The third kappa shape index (κ3) is 3.58. The summed E-state index contributed by atoms with van der Waals surface area (Å²) in [6, 6.07) is 7.27. The van der Waals surface area contributed by atoms with Crippen molar-refractivity contribution in [2.75, 3.05) is 5.32 Å². The molecule has 0 saturated carbocycles. The number of nitrogens with one attached hydrogen (secondary N) is 1. The van der Waals surface area contributed by atoms with Crippen LogP contribution < -0.4 is 5.32 Å². The first-order valence-corrected chi connectivity index (χ1v) is 4.93. The lowest BCUT2D eigenvalue weighted by Crippen LogP contribution is -2.06. The first-order valence-electron chi connectivity index (χ1n) is 4.93. The van der Waals surface area contributed by atoms with Crippen molar-refractivity contribution in [1.82, 2.24) is 0 Å². The molecular weight excluding hydrogens is 202 g/mol. The summed E-state index contributed by atoms with van der Waals surface area (Å²) >= 11 is 0. The second-order valence-electron chi connectivity index (χ2n) is 3.49. The number of rotatable bonds is 4. The van der Waals surface area contributed by atoms with Gasteiger partial charge in [0.15, 0.2) is 0 Å². The molecular formula is C13H13NO2. The highest BCUT2D eigenvalue weighted by Gasteiger charge is 2.04. The average molecular weight is 215 g/mol. The van der Waals surface area contributed by atoms with Crippen LogP contribution in [0.4, 0.5) is 5.69 Å². The van der Waals surface area contributed by atoms with Crippen molar-refractivity contribution in [2.24, 2.45) is 5.92 Å². The van der Waals surface area contributed by atoms with E-state index in [0.29, 0.717) is 6.42 Å². The van der Waals surface area contributed by atoms with Gasteiger partial charge in [-0.15, -0.1) is 6.42 Å². The molecule has 0 aliphatic rings. The van der Waals surface area contributed by atoms with Crippen molar-refractivity contribution in [3.63, 3.8) is 0 Å². The molecule has 0 aromatic heterocycles. The standard InChI is InChI=1S/C13H13NO2/c1-3-11(9-15)8-12-4-6-13(7-5-12)14-10(2)16/h1,4-7,9,11H,8H2,2H3,(H,14,16)/t11-/m1/s1. The zero-order chi connectivity index (χ0) is 12.0. The normalized spacial score (nSPS) is 11.2. The van der Waals surface area contributed by atoms with Crippen LogP contribution >= 0.6 is 0 Å². The molecule has 1 atom stereocenters. The summed E-state index contributed by atoms with van der Waals surface area (Å²) in [4.78, 5) is 21.3. The number of hydrogen-bond donors (Lipinski definition) is 1. The number of carbonyl (C=O) groups excluding carboxylic acids is 2. The number of carbonyl (C=O) groups is 2. The van der Waals surface area contributed by atoms with E-state index in [1.807, 2.05) is 12.1 Å². The van der Waals surface area contributed by atoms with Crippen LogP contribution in [0, 0.1) is 18.3 Å². The largest absolute Gasteiger partial charge is 0.326 e. The molecule has 1 rings (SSSR count). The summed E-state index contributed by atoms with van der Waals surface area (Å²) in [5.74, 6) is 1.92. The minimum Gasteiger partial charge on any atom is -0.326 e. The van der Waals surface area contributed by atoms with E-state index in [0.717, 1.165) is 17.5 Å². The molecule has 0 saturated heterocycles. The van der Waals surface area contributed by atoms with Gasteiger partial charge in [-0.2, -0.15) is 0 Å². The first kappa shape index (κ1) is 12.0. The Labute approximate surface area is 94.9 Å². The zero-order valence-corrected chi connectivity index (χ0v) is 9.07. The van der Waals surface area contributed by atoms with Gasteiger partial charge in [0.1, 0.15) is 6.29 Å². The van der Waals surface area contributed by atoms with E-state index in [2.05, 4.69) is 11.2 Å². The Morgan fingerprint density at radius 3 is 2.56 bits per heavy atom. The van der Waals surface area contributed by atoms with Crippen molar-refractivity contribution >= 4 is 17.9 Å². The Bertz CT molecular complexity index is 415. The molecule has 82 valence electrons. The number of anilines is 1. The first-order chi connectivity index (χ1) is 7.65. The molecule has 0 spiro atoms. The SMILES string of the molecule is C#C[C@@H](C=O)Cc1ccc(NC(C)=O)cc1. The predicted molar refractivity (Wildman–Crippen MR) is 62.8 cm³/mol. The molecule has 0 heterocycles. The topological polar surface area (TPSA) is 46.2 Å². The van der Waals surface area contributed by atoms with Crippen LogP contribution in [0.15, 0.2) is 24.3 Å². The maximum absolute atomic E-state index is 10.8. The highest BCUT2D eigenvalue weighted by Crippen LogP contribution is 2.12. The van der Waals surface area contributed by atoms with Gasteiger partial charge in [0.2, 0.25) is 5.91 Å². The highest BCUT2D eigenvalue weighted by atomic mass is 16.1. The molecule has 1 aromatic carbocycles. The van der Waals surface area contributed by atoms with Crippen molar-refractivity contribution in [1.29, 1.82) is 0 Å². The number of hydrogen-bond acceptors (Lipinski definition) is 2. The van der Waals surface area contributed by atoms with E-state index in [9.17, 15) is 9.59 Å². The van der Waals surface area contributed by atoms with Crippen molar-refractivity contribution in [3.05, 3.63) is 29.8 Å². The number of terminal acetylenes is 1. The molecule has 0 radical (unpaired) electrons. The van der Waals surface area contributed by atoms with Gasteiger partial charge in [0, 0.05) is 12.6 Å². The van der Waals surface area contributed by atoms with Gasteiger partial charge >= 0.3 is 0 Å². The average Bonchev–Trinajstić information content (AvgIpc) is 2.27. The molecule has 0 unspecified atom stereocenters. The molecule has 0 aliphatic carbocycles. The molecule has 0 fully saturated rings. The fourth-order valence-electron chi connectivity index (χ4n) is 1.33. The summed E-state index contributed by atoms with van der Waals surface area (Å²) < 4.78 is 0. The molecule has 1 aromatic rings. The highest BCUT2D eigenvalue weighted by molar-refractivity contribution is 5.88. The second-order valence-corrected chi connectivity index (χ2v) is 3.49. The predicted octanol–water partition coefficient (Wildman–Crippen LogP) is 1.64. The smallest absolute Gasteiger partial charge is 0.221 e. The van der Waals surface area contributed by atoms with E-state index >= 15 is 0 Å². The fourth-order valence-corrected chi connectivity index (χ4v) is 1.33. The molecule has 1 N–H and O–H groups in total.